The Labute approximate surface area is 204 Å². The summed E-state index contributed by atoms with van der Waals surface area (Å²) in [4.78, 5) is 15.2. The van der Waals surface area contributed by atoms with E-state index >= 15 is 0 Å². The number of anilines is 2. The predicted octanol–water partition coefficient (Wildman–Crippen LogP) is 2.33. The molecule has 35 heavy (non-hydrogen) atoms. The topological polar surface area (TPSA) is 126 Å². The number of benzene rings is 1. The van der Waals surface area contributed by atoms with Crippen LogP contribution in [-0.4, -0.2) is 70.1 Å². The third-order valence-electron chi connectivity index (χ3n) is 7.13. The second-order valence-corrected chi connectivity index (χ2v) is 11.3. The Bertz CT molecular complexity index is 1280. The minimum atomic E-state index is -3.55. The average Bonchev–Trinajstić information content (AvgIpc) is 3.37. The van der Waals surface area contributed by atoms with Gasteiger partial charge in [-0.25, -0.2) is 8.42 Å². The van der Waals surface area contributed by atoms with Crippen molar-refractivity contribution in [2.24, 2.45) is 5.92 Å². The lowest BCUT2D eigenvalue weighted by molar-refractivity contribution is -0.120. The number of hydrogen-bond acceptors (Lipinski definition) is 8. The third kappa shape index (κ3) is 4.98. The fourth-order valence-corrected chi connectivity index (χ4v) is 6.36. The van der Waals surface area contributed by atoms with Crippen molar-refractivity contribution < 1.29 is 13.2 Å². The quantitative estimate of drug-likeness (QED) is 0.549. The van der Waals surface area contributed by atoms with Gasteiger partial charge in [-0.3, -0.25) is 4.79 Å². The Morgan fingerprint density at radius 1 is 1.00 bits per heavy atom. The van der Waals surface area contributed by atoms with Gasteiger partial charge in [-0.15, -0.1) is 14.8 Å². The number of amides is 1. The zero-order chi connectivity index (χ0) is 24.4. The lowest BCUT2D eigenvalue weighted by Gasteiger charge is -2.32. The van der Waals surface area contributed by atoms with Crippen LogP contribution in [0.3, 0.4) is 0 Å². The number of carbonyl (C=O) groups excluding carboxylic acids is 1. The van der Waals surface area contributed by atoms with E-state index in [2.05, 4.69) is 30.8 Å². The zero-order valence-corrected chi connectivity index (χ0v) is 20.6. The Morgan fingerprint density at radius 2 is 1.71 bits per heavy atom. The van der Waals surface area contributed by atoms with Crippen LogP contribution in [0.4, 0.5) is 11.5 Å². The van der Waals surface area contributed by atoms with E-state index in [1.807, 2.05) is 12.1 Å². The first-order valence-electron chi connectivity index (χ1n) is 12.1. The summed E-state index contributed by atoms with van der Waals surface area (Å²) in [6.07, 6.45) is 6.51. The van der Waals surface area contributed by atoms with Gasteiger partial charge in [-0.2, -0.15) is 4.31 Å². The van der Waals surface area contributed by atoms with Gasteiger partial charge >= 0.3 is 0 Å². The van der Waals surface area contributed by atoms with E-state index in [0.29, 0.717) is 37.3 Å². The Morgan fingerprint density at radius 3 is 2.43 bits per heavy atom. The zero-order valence-electron chi connectivity index (χ0n) is 19.7. The summed E-state index contributed by atoms with van der Waals surface area (Å²) in [6, 6.07) is 10.2. The van der Waals surface area contributed by atoms with Gasteiger partial charge in [0.15, 0.2) is 11.5 Å². The normalized spacial score (nSPS) is 18.3. The molecule has 12 heteroatoms. The van der Waals surface area contributed by atoms with Crippen LogP contribution < -0.4 is 10.2 Å². The minimum absolute atomic E-state index is 0.0523. The van der Waals surface area contributed by atoms with Crippen molar-refractivity contribution in [2.75, 3.05) is 30.4 Å². The molecule has 1 N–H and O–H groups in total. The fourth-order valence-electron chi connectivity index (χ4n) is 4.94. The van der Waals surface area contributed by atoms with Crippen LogP contribution in [0.5, 0.6) is 0 Å². The minimum Gasteiger partial charge on any atom is -0.355 e. The molecule has 11 nitrogen and oxygen atoms in total. The maximum atomic E-state index is 13.0. The molecule has 1 aromatic carbocycles. The summed E-state index contributed by atoms with van der Waals surface area (Å²) < 4.78 is 29.0. The van der Waals surface area contributed by atoms with Crippen molar-refractivity contribution in [3.63, 3.8) is 0 Å². The molecule has 2 fully saturated rings. The number of hydrogen-bond donors (Lipinski definition) is 1. The highest BCUT2D eigenvalue weighted by Gasteiger charge is 2.29. The van der Waals surface area contributed by atoms with Gasteiger partial charge in [0.1, 0.15) is 0 Å². The predicted molar refractivity (Wildman–Crippen MR) is 130 cm³/mol. The Kier molecular flexibility index (Phi) is 6.65. The van der Waals surface area contributed by atoms with Gasteiger partial charge in [0.05, 0.1) is 4.90 Å². The van der Waals surface area contributed by atoms with E-state index in [9.17, 15) is 13.2 Å². The molecule has 0 atom stereocenters. The van der Waals surface area contributed by atoms with Crippen LogP contribution in [0, 0.1) is 5.92 Å². The molecule has 3 aromatic rings. The van der Waals surface area contributed by atoms with Crippen molar-refractivity contribution in [1.82, 2.24) is 29.6 Å². The standard InChI is InChI=1S/C23H30N8O3S/c1-29(19-5-3-2-4-6-19)35(33,34)20-9-7-18(8-10-20)24-23(32)17-13-15-30(16-14-17)22-12-11-21-25-27-28-31(21)26-22/h7-12,17,19H,2-6,13-16H2,1H3,(H,24,32). The summed E-state index contributed by atoms with van der Waals surface area (Å²) in [5, 5.41) is 18.7. The van der Waals surface area contributed by atoms with Gasteiger partial charge in [0, 0.05) is 37.8 Å². The first-order chi connectivity index (χ1) is 16.9. The van der Waals surface area contributed by atoms with Crippen molar-refractivity contribution in [2.45, 2.75) is 55.9 Å². The summed E-state index contributed by atoms with van der Waals surface area (Å²) in [5.41, 5.74) is 1.19. The van der Waals surface area contributed by atoms with Crippen molar-refractivity contribution in [3.05, 3.63) is 36.4 Å². The van der Waals surface area contributed by atoms with E-state index in [-0.39, 0.29) is 22.8 Å². The van der Waals surface area contributed by atoms with Gasteiger partial charge in [0.25, 0.3) is 0 Å². The summed E-state index contributed by atoms with van der Waals surface area (Å²) in [5.74, 6) is 0.603. The molecular formula is C23H30N8O3S. The molecule has 0 radical (unpaired) electrons. The number of fused-ring (bicyclic) bond motifs is 1. The smallest absolute Gasteiger partial charge is 0.243 e. The molecule has 5 rings (SSSR count). The maximum absolute atomic E-state index is 13.0. The fraction of sp³-hybridized carbons (Fsp3) is 0.522. The van der Waals surface area contributed by atoms with Gasteiger partial charge in [-0.1, -0.05) is 19.3 Å². The summed E-state index contributed by atoms with van der Waals surface area (Å²) >= 11 is 0. The Hall–Kier alpha value is -3.12. The molecule has 1 aliphatic heterocycles. The number of piperidine rings is 1. The summed E-state index contributed by atoms with van der Waals surface area (Å²) in [6.45, 7) is 1.40. The number of rotatable bonds is 6. The molecule has 2 aliphatic rings. The second kappa shape index (κ2) is 9.86. The lowest BCUT2D eigenvalue weighted by atomic mass is 9.96. The van der Waals surface area contributed by atoms with E-state index in [1.165, 1.54) is 15.4 Å². The molecule has 0 spiro atoms. The first-order valence-corrected chi connectivity index (χ1v) is 13.6. The highest BCUT2D eigenvalue weighted by Crippen LogP contribution is 2.28. The number of nitrogens with one attached hydrogen (secondary N) is 1. The number of tetrazole rings is 1. The molecule has 1 saturated heterocycles. The van der Waals surface area contributed by atoms with Gasteiger partial charge in [-0.05, 0) is 72.5 Å². The SMILES string of the molecule is CN(C1CCCCC1)S(=O)(=O)c1ccc(NC(=O)C2CCN(c3ccc4nnnn4n3)CC2)cc1. The molecule has 186 valence electrons. The van der Waals surface area contributed by atoms with Crippen molar-refractivity contribution >= 4 is 33.1 Å². The molecule has 0 bridgehead atoms. The molecule has 1 amide bonds. The number of sulfonamides is 1. The average molecular weight is 499 g/mol. The summed E-state index contributed by atoms with van der Waals surface area (Å²) in [7, 11) is -1.88. The van der Waals surface area contributed by atoms with Crippen molar-refractivity contribution in [1.29, 1.82) is 0 Å². The maximum Gasteiger partial charge on any atom is 0.243 e. The van der Waals surface area contributed by atoms with Crippen LogP contribution >= 0.6 is 0 Å². The molecule has 1 aliphatic carbocycles. The van der Waals surface area contributed by atoms with Gasteiger partial charge < -0.3 is 10.2 Å². The van der Waals surface area contributed by atoms with Crippen LogP contribution in [-0.2, 0) is 14.8 Å². The van der Waals surface area contributed by atoms with Gasteiger partial charge in [0.2, 0.25) is 15.9 Å². The Balaban J connectivity index is 1.16. The molecule has 1 saturated carbocycles. The lowest BCUT2D eigenvalue weighted by Crippen LogP contribution is -2.39. The molecular weight excluding hydrogens is 468 g/mol. The highest BCUT2D eigenvalue weighted by molar-refractivity contribution is 7.89. The van der Waals surface area contributed by atoms with Crippen LogP contribution in [0.25, 0.3) is 5.65 Å². The largest absolute Gasteiger partial charge is 0.355 e. The van der Waals surface area contributed by atoms with E-state index in [4.69, 9.17) is 0 Å². The van der Waals surface area contributed by atoms with Crippen LogP contribution in [0.2, 0.25) is 0 Å². The monoisotopic (exact) mass is 498 g/mol. The molecule has 3 heterocycles. The van der Waals surface area contributed by atoms with E-state index < -0.39 is 10.0 Å². The number of carbonyl (C=O) groups is 1. The van der Waals surface area contributed by atoms with E-state index in [1.54, 1.807) is 31.3 Å². The first kappa shape index (κ1) is 23.6. The van der Waals surface area contributed by atoms with E-state index in [0.717, 1.165) is 31.5 Å². The third-order valence-corrected chi connectivity index (χ3v) is 9.06. The second-order valence-electron chi connectivity index (χ2n) is 9.31. The molecule has 2 aromatic heterocycles. The molecule has 0 unspecified atom stereocenters. The highest BCUT2D eigenvalue weighted by atomic mass is 32.2. The van der Waals surface area contributed by atoms with Crippen LogP contribution in [0.15, 0.2) is 41.3 Å². The number of nitrogens with zero attached hydrogens (tertiary/aromatic N) is 7. The number of aromatic nitrogens is 5. The van der Waals surface area contributed by atoms with Crippen LogP contribution in [0.1, 0.15) is 44.9 Å². The van der Waals surface area contributed by atoms with Crippen molar-refractivity contribution in [3.8, 4) is 0 Å².